The summed E-state index contributed by atoms with van der Waals surface area (Å²) in [5, 5.41) is 0. The minimum Gasteiger partial charge on any atom is -0.297 e. The highest BCUT2D eigenvalue weighted by Gasteiger charge is 2.43. The summed E-state index contributed by atoms with van der Waals surface area (Å²) in [4.78, 5) is 15.5. The number of hydrogen-bond acceptors (Lipinski definition) is 2. The molecule has 0 spiro atoms. The van der Waals surface area contributed by atoms with Crippen molar-refractivity contribution in [2.75, 3.05) is 13.1 Å². The molecule has 0 bridgehead atoms. The molecule has 0 aromatic carbocycles. The van der Waals surface area contributed by atoms with Crippen LogP contribution in [0.25, 0.3) is 0 Å². The molecule has 1 aliphatic carbocycles. The van der Waals surface area contributed by atoms with Gasteiger partial charge in [-0.05, 0) is 70.4 Å². The number of ketones is 1. The molecule has 4 atom stereocenters. The van der Waals surface area contributed by atoms with Gasteiger partial charge in [0.2, 0.25) is 0 Å². The van der Waals surface area contributed by atoms with Crippen molar-refractivity contribution in [3.63, 3.8) is 0 Å². The van der Waals surface area contributed by atoms with Gasteiger partial charge < -0.3 is 0 Å². The van der Waals surface area contributed by atoms with E-state index in [2.05, 4.69) is 32.6 Å². The largest absolute Gasteiger partial charge is 0.297 e. The Morgan fingerprint density at radius 2 is 1.79 bits per heavy atom. The van der Waals surface area contributed by atoms with Gasteiger partial charge in [-0.2, -0.15) is 0 Å². The summed E-state index contributed by atoms with van der Waals surface area (Å²) in [5.74, 6) is 2.36. The third-order valence-corrected chi connectivity index (χ3v) is 5.99. The highest BCUT2D eigenvalue weighted by atomic mass is 16.1. The third-order valence-electron chi connectivity index (χ3n) is 5.99. The summed E-state index contributed by atoms with van der Waals surface area (Å²) in [5.41, 5.74) is -0.193. The highest BCUT2D eigenvalue weighted by molar-refractivity contribution is 5.90. The van der Waals surface area contributed by atoms with Crippen molar-refractivity contribution in [3.05, 3.63) is 0 Å². The first-order valence-electron chi connectivity index (χ1n) is 8.28. The van der Waals surface area contributed by atoms with E-state index in [1.165, 1.54) is 19.3 Å². The van der Waals surface area contributed by atoms with E-state index < -0.39 is 0 Å². The zero-order valence-corrected chi connectivity index (χ0v) is 13.2. The van der Waals surface area contributed by atoms with Crippen LogP contribution in [0.15, 0.2) is 0 Å². The summed E-state index contributed by atoms with van der Waals surface area (Å²) >= 11 is 0. The van der Waals surface area contributed by atoms with Crippen LogP contribution in [-0.2, 0) is 4.79 Å². The maximum Gasteiger partial charge on any atom is 0.155 e. The first-order chi connectivity index (χ1) is 8.99. The highest BCUT2D eigenvalue weighted by Crippen LogP contribution is 2.38. The Morgan fingerprint density at radius 1 is 1.16 bits per heavy atom. The molecular weight excluding hydrogens is 234 g/mol. The van der Waals surface area contributed by atoms with Crippen molar-refractivity contribution >= 4 is 5.78 Å². The second-order valence-corrected chi connectivity index (χ2v) is 7.15. The summed E-state index contributed by atoms with van der Waals surface area (Å²) < 4.78 is 0. The van der Waals surface area contributed by atoms with E-state index in [9.17, 15) is 4.79 Å². The minimum absolute atomic E-state index is 0.193. The average Bonchev–Trinajstić information content (AvgIpc) is 2.94. The van der Waals surface area contributed by atoms with E-state index in [0.717, 1.165) is 38.3 Å². The molecule has 2 rings (SSSR count). The molecule has 4 unspecified atom stereocenters. The smallest absolute Gasteiger partial charge is 0.155 e. The van der Waals surface area contributed by atoms with Crippen LogP contribution >= 0.6 is 0 Å². The van der Waals surface area contributed by atoms with E-state index in [4.69, 9.17) is 0 Å². The van der Waals surface area contributed by atoms with E-state index in [0.29, 0.717) is 17.6 Å². The van der Waals surface area contributed by atoms with Crippen molar-refractivity contribution in [1.29, 1.82) is 0 Å². The number of hydrogen-bond donors (Lipinski definition) is 0. The van der Waals surface area contributed by atoms with Crippen LogP contribution in [0.3, 0.4) is 0 Å². The van der Waals surface area contributed by atoms with Crippen LogP contribution in [0.5, 0.6) is 0 Å². The molecule has 1 saturated carbocycles. The topological polar surface area (TPSA) is 20.3 Å². The van der Waals surface area contributed by atoms with Crippen molar-refractivity contribution in [1.82, 2.24) is 4.90 Å². The Morgan fingerprint density at radius 3 is 2.32 bits per heavy atom. The molecule has 1 heterocycles. The number of Topliss-reactive ketones (excluding diaryl/α,β-unsaturated/α-hetero) is 1. The minimum atomic E-state index is -0.193. The Kier molecular flexibility index (Phi) is 4.70. The predicted octanol–water partition coefficient (Wildman–Crippen LogP) is 3.89. The standard InChI is InChI=1S/C17H31NO/c1-5-17(4,18-10-6-7-11-18)16(19)15-9-8-13(2)14(3)12-15/h13-15H,5-12H2,1-4H3. The van der Waals surface area contributed by atoms with Crippen molar-refractivity contribution in [3.8, 4) is 0 Å². The fourth-order valence-corrected chi connectivity index (χ4v) is 3.99. The van der Waals surface area contributed by atoms with Crippen LogP contribution in [0.1, 0.15) is 66.2 Å². The van der Waals surface area contributed by atoms with Crippen LogP contribution in [-0.4, -0.2) is 29.3 Å². The number of carbonyl (C=O) groups excluding carboxylic acids is 1. The van der Waals surface area contributed by atoms with Gasteiger partial charge in [0.05, 0.1) is 5.54 Å². The summed E-state index contributed by atoms with van der Waals surface area (Å²) in [6.07, 6.45) is 6.96. The number of likely N-dealkylation sites (tertiary alicyclic amines) is 1. The third kappa shape index (κ3) is 2.89. The number of carbonyl (C=O) groups is 1. The molecule has 2 heteroatoms. The zero-order valence-electron chi connectivity index (χ0n) is 13.2. The molecule has 1 aliphatic heterocycles. The maximum atomic E-state index is 13.0. The van der Waals surface area contributed by atoms with Crippen molar-refractivity contribution < 1.29 is 4.79 Å². The van der Waals surface area contributed by atoms with Gasteiger partial charge in [0.25, 0.3) is 0 Å². The SMILES string of the molecule is CCC(C)(C(=O)C1CCC(C)C(C)C1)N1CCCC1. The van der Waals surface area contributed by atoms with Gasteiger partial charge in [-0.25, -0.2) is 0 Å². The number of rotatable bonds is 4. The molecule has 0 radical (unpaired) electrons. The normalized spacial score (nSPS) is 36.1. The lowest BCUT2D eigenvalue weighted by atomic mass is 9.70. The Hall–Kier alpha value is -0.370. The fraction of sp³-hybridized carbons (Fsp3) is 0.941. The first kappa shape index (κ1) is 15.0. The van der Waals surface area contributed by atoms with E-state index >= 15 is 0 Å². The van der Waals surface area contributed by atoms with Crippen LogP contribution in [0, 0.1) is 17.8 Å². The average molecular weight is 265 g/mol. The van der Waals surface area contributed by atoms with Crippen LogP contribution < -0.4 is 0 Å². The molecule has 0 aromatic rings. The van der Waals surface area contributed by atoms with Gasteiger partial charge in [0.15, 0.2) is 5.78 Å². The Balaban J connectivity index is 2.07. The van der Waals surface area contributed by atoms with Gasteiger partial charge in [-0.3, -0.25) is 9.69 Å². The van der Waals surface area contributed by atoms with Crippen LogP contribution in [0.2, 0.25) is 0 Å². The molecule has 1 saturated heterocycles. The molecule has 0 aromatic heterocycles. The molecule has 19 heavy (non-hydrogen) atoms. The maximum absolute atomic E-state index is 13.0. The lowest BCUT2D eigenvalue weighted by molar-refractivity contribution is -0.136. The van der Waals surface area contributed by atoms with Gasteiger partial charge in [0.1, 0.15) is 0 Å². The quantitative estimate of drug-likeness (QED) is 0.768. The van der Waals surface area contributed by atoms with Gasteiger partial charge in [0, 0.05) is 5.92 Å². The predicted molar refractivity (Wildman–Crippen MR) is 80.2 cm³/mol. The van der Waals surface area contributed by atoms with E-state index in [1.807, 2.05) is 0 Å². The lowest BCUT2D eigenvalue weighted by Crippen LogP contribution is -2.53. The summed E-state index contributed by atoms with van der Waals surface area (Å²) in [6, 6.07) is 0. The number of nitrogens with zero attached hydrogens (tertiary/aromatic N) is 1. The Bertz CT molecular complexity index is 321. The molecule has 110 valence electrons. The molecule has 0 N–H and O–H groups in total. The second kappa shape index (κ2) is 5.95. The first-order valence-corrected chi connectivity index (χ1v) is 8.28. The molecule has 2 aliphatic rings. The van der Waals surface area contributed by atoms with Crippen molar-refractivity contribution in [2.24, 2.45) is 17.8 Å². The van der Waals surface area contributed by atoms with Gasteiger partial charge in [-0.15, -0.1) is 0 Å². The van der Waals surface area contributed by atoms with E-state index in [-0.39, 0.29) is 5.54 Å². The monoisotopic (exact) mass is 265 g/mol. The Labute approximate surface area is 118 Å². The molecule has 2 fully saturated rings. The molecular formula is C17H31NO. The van der Waals surface area contributed by atoms with Crippen molar-refractivity contribution in [2.45, 2.75) is 71.8 Å². The zero-order chi connectivity index (χ0) is 14.0. The van der Waals surface area contributed by atoms with Crippen LogP contribution in [0.4, 0.5) is 0 Å². The lowest BCUT2D eigenvalue weighted by Gasteiger charge is -2.41. The molecule has 2 nitrogen and oxygen atoms in total. The van der Waals surface area contributed by atoms with Gasteiger partial charge in [-0.1, -0.05) is 20.8 Å². The fourth-order valence-electron chi connectivity index (χ4n) is 3.99. The second-order valence-electron chi connectivity index (χ2n) is 7.15. The van der Waals surface area contributed by atoms with Gasteiger partial charge >= 0.3 is 0 Å². The summed E-state index contributed by atoms with van der Waals surface area (Å²) in [6.45, 7) is 11.3. The van der Waals surface area contributed by atoms with E-state index in [1.54, 1.807) is 0 Å². The summed E-state index contributed by atoms with van der Waals surface area (Å²) in [7, 11) is 0. The molecule has 0 amide bonds.